The molecule has 0 saturated carbocycles. The number of nitrogens with zero attached hydrogens (tertiary/aromatic N) is 4. The third kappa shape index (κ3) is 2.64. The highest BCUT2D eigenvalue weighted by Gasteiger charge is 2.15. The lowest BCUT2D eigenvalue weighted by atomic mass is 10.2. The lowest BCUT2D eigenvalue weighted by Gasteiger charge is -2.32. The van der Waals surface area contributed by atoms with E-state index >= 15 is 0 Å². The molecule has 0 radical (unpaired) electrons. The molecular weight excluding hydrogens is 245 g/mol. The van der Waals surface area contributed by atoms with Gasteiger partial charge >= 0.3 is 0 Å². The zero-order valence-electron chi connectivity index (χ0n) is 10.8. The summed E-state index contributed by atoms with van der Waals surface area (Å²) in [5.41, 5.74) is 4.00. The number of fused-ring (bicyclic) bond motifs is 1. The van der Waals surface area contributed by atoms with Crippen molar-refractivity contribution in [2.75, 3.05) is 38.7 Å². The van der Waals surface area contributed by atoms with Gasteiger partial charge in [-0.15, -0.1) is 0 Å². The van der Waals surface area contributed by atoms with Gasteiger partial charge in [0, 0.05) is 31.6 Å². The molecule has 1 fully saturated rings. The Morgan fingerprint density at radius 1 is 1.16 bits per heavy atom. The average molecular weight is 261 g/mol. The number of rotatable bonds is 2. The Kier molecular flexibility index (Phi) is 3.27. The molecule has 3 rings (SSSR count). The zero-order chi connectivity index (χ0) is 13.2. The van der Waals surface area contributed by atoms with Crippen LogP contribution in [0.2, 0.25) is 0 Å². The molecule has 0 amide bonds. The molecule has 1 aromatic heterocycles. The predicted molar refractivity (Wildman–Crippen MR) is 72.2 cm³/mol. The number of anilines is 1. The molecule has 1 N–H and O–H groups in total. The first-order chi connectivity index (χ1) is 9.22. The summed E-state index contributed by atoms with van der Waals surface area (Å²) in [6.45, 7) is 3.84. The van der Waals surface area contributed by atoms with Crippen LogP contribution in [-0.2, 0) is 0 Å². The normalized spacial score (nSPS) is 17.8. The Labute approximate surface area is 111 Å². The number of likely N-dealkylation sites (N-methyl/N-ethyl adjacent to an activating group) is 1. The summed E-state index contributed by atoms with van der Waals surface area (Å²) >= 11 is 0. The highest BCUT2D eigenvalue weighted by Crippen LogP contribution is 2.20. The van der Waals surface area contributed by atoms with Crippen LogP contribution in [0.1, 0.15) is 0 Å². The number of aromatic nitrogens is 2. The smallest absolute Gasteiger partial charge is 0.151 e. The standard InChI is InChI=1S/C13H16FN5/c1-18-4-6-19(7-5-18)17-13-11-8-10(14)2-3-12(11)15-9-16-13/h2-3,8-9H,4-7H2,1H3,(H,15,16,17). The van der Waals surface area contributed by atoms with E-state index in [1.807, 2.05) is 0 Å². The van der Waals surface area contributed by atoms with Gasteiger partial charge < -0.3 is 10.3 Å². The Morgan fingerprint density at radius 2 is 1.95 bits per heavy atom. The van der Waals surface area contributed by atoms with Crippen LogP contribution in [0.25, 0.3) is 10.9 Å². The first-order valence-electron chi connectivity index (χ1n) is 6.33. The molecule has 0 aliphatic carbocycles. The van der Waals surface area contributed by atoms with E-state index in [1.54, 1.807) is 6.07 Å². The Balaban J connectivity index is 1.86. The average Bonchev–Trinajstić information content (AvgIpc) is 2.42. The number of nitrogens with one attached hydrogen (secondary N) is 1. The minimum absolute atomic E-state index is 0.274. The number of halogens is 1. The van der Waals surface area contributed by atoms with Gasteiger partial charge in [-0.2, -0.15) is 0 Å². The lowest BCUT2D eigenvalue weighted by Crippen LogP contribution is -2.47. The van der Waals surface area contributed by atoms with Crippen LogP contribution in [-0.4, -0.2) is 53.1 Å². The van der Waals surface area contributed by atoms with Crippen molar-refractivity contribution in [3.63, 3.8) is 0 Å². The lowest BCUT2D eigenvalue weighted by molar-refractivity contribution is 0.178. The van der Waals surface area contributed by atoms with E-state index in [0.29, 0.717) is 11.2 Å². The van der Waals surface area contributed by atoms with Crippen molar-refractivity contribution in [3.05, 3.63) is 30.3 Å². The maximum absolute atomic E-state index is 13.3. The van der Waals surface area contributed by atoms with E-state index in [-0.39, 0.29) is 5.82 Å². The van der Waals surface area contributed by atoms with Crippen LogP contribution in [0.5, 0.6) is 0 Å². The van der Waals surface area contributed by atoms with Crippen molar-refractivity contribution >= 4 is 16.7 Å². The minimum atomic E-state index is -0.274. The van der Waals surface area contributed by atoms with Crippen LogP contribution in [0.15, 0.2) is 24.5 Å². The second-order valence-electron chi connectivity index (χ2n) is 4.79. The molecule has 19 heavy (non-hydrogen) atoms. The zero-order valence-corrected chi connectivity index (χ0v) is 10.8. The maximum Gasteiger partial charge on any atom is 0.151 e. The quantitative estimate of drug-likeness (QED) is 0.884. The van der Waals surface area contributed by atoms with Crippen LogP contribution in [0.4, 0.5) is 10.2 Å². The number of benzene rings is 1. The van der Waals surface area contributed by atoms with Crippen LogP contribution in [0.3, 0.4) is 0 Å². The molecule has 1 saturated heterocycles. The molecule has 6 heteroatoms. The Hall–Kier alpha value is -1.79. The summed E-state index contributed by atoms with van der Waals surface area (Å²) in [4.78, 5) is 10.6. The summed E-state index contributed by atoms with van der Waals surface area (Å²) < 4.78 is 13.3. The minimum Gasteiger partial charge on any atom is -0.304 e. The molecule has 0 bridgehead atoms. The van der Waals surface area contributed by atoms with E-state index in [9.17, 15) is 4.39 Å². The van der Waals surface area contributed by atoms with Gasteiger partial charge in [0.05, 0.1) is 5.52 Å². The number of piperazine rings is 1. The summed E-state index contributed by atoms with van der Waals surface area (Å²) in [6, 6.07) is 4.55. The van der Waals surface area contributed by atoms with E-state index in [4.69, 9.17) is 0 Å². The third-order valence-electron chi connectivity index (χ3n) is 3.36. The van der Waals surface area contributed by atoms with E-state index < -0.39 is 0 Å². The predicted octanol–water partition coefficient (Wildman–Crippen LogP) is 1.34. The Morgan fingerprint density at radius 3 is 2.74 bits per heavy atom. The molecular formula is C13H16FN5. The third-order valence-corrected chi connectivity index (χ3v) is 3.36. The van der Waals surface area contributed by atoms with E-state index in [1.165, 1.54) is 18.5 Å². The van der Waals surface area contributed by atoms with Crippen LogP contribution >= 0.6 is 0 Å². The molecule has 1 aliphatic heterocycles. The summed E-state index contributed by atoms with van der Waals surface area (Å²) in [5.74, 6) is 0.387. The van der Waals surface area contributed by atoms with Gasteiger partial charge in [-0.3, -0.25) is 0 Å². The highest BCUT2D eigenvalue weighted by molar-refractivity contribution is 5.88. The van der Waals surface area contributed by atoms with Crippen molar-refractivity contribution in [2.24, 2.45) is 0 Å². The van der Waals surface area contributed by atoms with Crippen molar-refractivity contribution in [1.82, 2.24) is 19.9 Å². The van der Waals surface area contributed by atoms with Gasteiger partial charge in [-0.1, -0.05) is 0 Å². The fourth-order valence-corrected chi connectivity index (χ4v) is 2.19. The molecule has 5 nitrogen and oxygen atoms in total. The number of hydrazine groups is 1. The van der Waals surface area contributed by atoms with Gasteiger partial charge in [-0.25, -0.2) is 19.4 Å². The fraction of sp³-hybridized carbons (Fsp3) is 0.385. The molecule has 0 atom stereocenters. The second kappa shape index (κ2) is 5.07. The van der Waals surface area contributed by atoms with E-state index in [2.05, 4.69) is 32.4 Å². The first-order valence-corrected chi connectivity index (χ1v) is 6.33. The SMILES string of the molecule is CN1CCN(Nc2ncnc3ccc(F)cc23)CC1. The largest absolute Gasteiger partial charge is 0.304 e. The van der Waals surface area contributed by atoms with Crippen LogP contribution in [0, 0.1) is 5.82 Å². The van der Waals surface area contributed by atoms with E-state index in [0.717, 1.165) is 31.7 Å². The van der Waals surface area contributed by atoms with Crippen molar-refractivity contribution in [1.29, 1.82) is 0 Å². The molecule has 2 aromatic rings. The molecule has 0 unspecified atom stereocenters. The van der Waals surface area contributed by atoms with Crippen molar-refractivity contribution in [3.8, 4) is 0 Å². The highest BCUT2D eigenvalue weighted by atomic mass is 19.1. The molecule has 1 aliphatic rings. The van der Waals surface area contributed by atoms with Gasteiger partial charge in [0.1, 0.15) is 12.1 Å². The summed E-state index contributed by atoms with van der Waals surface area (Å²) in [5, 5.41) is 2.81. The van der Waals surface area contributed by atoms with Gasteiger partial charge in [0.15, 0.2) is 5.82 Å². The van der Waals surface area contributed by atoms with Gasteiger partial charge in [0.2, 0.25) is 0 Å². The second-order valence-corrected chi connectivity index (χ2v) is 4.79. The summed E-state index contributed by atoms with van der Waals surface area (Å²) in [7, 11) is 2.10. The maximum atomic E-state index is 13.3. The number of hydrogen-bond donors (Lipinski definition) is 1. The number of hydrogen-bond acceptors (Lipinski definition) is 5. The first kappa shape index (κ1) is 12.3. The van der Waals surface area contributed by atoms with Gasteiger partial charge in [0.25, 0.3) is 0 Å². The fourth-order valence-electron chi connectivity index (χ4n) is 2.19. The van der Waals surface area contributed by atoms with Gasteiger partial charge in [-0.05, 0) is 25.2 Å². The molecule has 2 heterocycles. The van der Waals surface area contributed by atoms with Crippen molar-refractivity contribution in [2.45, 2.75) is 0 Å². The summed E-state index contributed by atoms with van der Waals surface area (Å²) in [6.07, 6.45) is 1.50. The molecule has 1 aromatic carbocycles. The molecule has 0 spiro atoms. The topological polar surface area (TPSA) is 44.3 Å². The Bertz CT molecular complexity index is 580. The molecule has 100 valence electrons. The van der Waals surface area contributed by atoms with Crippen molar-refractivity contribution < 1.29 is 4.39 Å². The monoisotopic (exact) mass is 261 g/mol. The van der Waals surface area contributed by atoms with Crippen LogP contribution < -0.4 is 5.43 Å².